The van der Waals surface area contributed by atoms with Gasteiger partial charge in [-0.1, -0.05) is 18.2 Å². The smallest absolute Gasteiger partial charge is 0.0874 e. The third kappa shape index (κ3) is 3.27. The summed E-state index contributed by atoms with van der Waals surface area (Å²) in [6.45, 7) is 0. The van der Waals surface area contributed by atoms with Gasteiger partial charge in [0.15, 0.2) is 0 Å². The van der Waals surface area contributed by atoms with Crippen LogP contribution in [0.1, 0.15) is 0 Å². The molecule has 0 aliphatic rings. The van der Waals surface area contributed by atoms with Crippen molar-refractivity contribution in [1.82, 2.24) is 4.98 Å². The molecule has 1 heterocycles. The van der Waals surface area contributed by atoms with Gasteiger partial charge in [-0.3, -0.25) is 9.19 Å². The molecule has 0 saturated carbocycles. The van der Waals surface area contributed by atoms with Gasteiger partial charge in [-0.2, -0.15) is 0 Å². The number of hydrogen-bond donors (Lipinski definition) is 2. The molecule has 1 aromatic heterocycles. The van der Waals surface area contributed by atoms with Crippen LogP contribution in [0.2, 0.25) is 0 Å². The fourth-order valence-corrected chi connectivity index (χ4v) is 1.69. The van der Waals surface area contributed by atoms with Crippen LogP contribution in [0.5, 0.6) is 0 Å². The van der Waals surface area contributed by atoms with E-state index in [9.17, 15) is 8.76 Å². The predicted molar refractivity (Wildman–Crippen MR) is 66.5 cm³/mol. The van der Waals surface area contributed by atoms with Crippen LogP contribution < -0.4 is 10.0 Å². The van der Waals surface area contributed by atoms with Crippen molar-refractivity contribution in [2.24, 2.45) is 0 Å². The molecule has 2 aromatic rings. The Morgan fingerprint density at radius 1 is 1.12 bits per heavy atom. The first-order chi connectivity index (χ1) is 8.25. The van der Waals surface area contributed by atoms with Crippen LogP contribution in [0.25, 0.3) is 0 Å². The molecule has 1 aromatic carbocycles. The van der Waals surface area contributed by atoms with Gasteiger partial charge in [0.05, 0.1) is 17.6 Å². The Balaban J connectivity index is 2.23. The average Bonchev–Trinajstić information content (AvgIpc) is 2.32. The summed E-state index contributed by atoms with van der Waals surface area (Å²) < 4.78 is 23.5. The molecule has 2 rings (SSSR count). The molecule has 17 heavy (non-hydrogen) atoms. The van der Waals surface area contributed by atoms with Gasteiger partial charge in [-0.25, -0.2) is 0 Å². The standard InChI is InChI=1S/C11H11N3O2S/c15-17(16)14-11-8-12-7-6-10(11)13-9-4-2-1-3-5-9/h1-8,14H,(H,12,13)(H,15,16)/p-1. The molecular formula is C11H10N3O2S-. The normalized spacial score (nSPS) is 11.8. The predicted octanol–water partition coefficient (Wildman–Crippen LogP) is 2.03. The van der Waals surface area contributed by atoms with E-state index in [1.807, 2.05) is 30.3 Å². The molecule has 5 nitrogen and oxygen atoms in total. The van der Waals surface area contributed by atoms with Gasteiger partial charge < -0.3 is 14.6 Å². The number of benzene rings is 1. The van der Waals surface area contributed by atoms with E-state index in [1.165, 1.54) is 6.20 Å². The number of hydrogen-bond acceptors (Lipinski definition) is 4. The summed E-state index contributed by atoms with van der Waals surface area (Å²) >= 11 is -2.36. The number of para-hydroxylation sites is 1. The summed E-state index contributed by atoms with van der Waals surface area (Å²) in [5.41, 5.74) is 1.93. The maximum Gasteiger partial charge on any atom is 0.0874 e. The van der Waals surface area contributed by atoms with Gasteiger partial charge in [0, 0.05) is 23.2 Å². The molecule has 0 spiro atoms. The number of nitrogens with one attached hydrogen (secondary N) is 2. The zero-order valence-corrected chi connectivity index (χ0v) is 9.61. The SMILES string of the molecule is O=S([O-])Nc1cnccc1Nc1ccccc1. The highest BCUT2D eigenvalue weighted by atomic mass is 32.2. The monoisotopic (exact) mass is 248 g/mol. The molecule has 0 amide bonds. The van der Waals surface area contributed by atoms with Crippen LogP contribution in [0.3, 0.4) is 0 Å². The maximum absolute atomic E-state index is 10.6. The minimum absolute atomic E-state index is 0.407. The molecule has 0 aliphatic carbocycles. The van der Waals surface area contributed by atoms with E-state index >= 15 is 0 Å². The molecule has 0 aliphatic heterocycles. The molecule has 2 N–H and O–H groups in total. The van der Waals surface area contributed by atoms with Crippen molar-refractivity contribution in [3.05, 3.63) is 48.8 Å². The topological polar surface area (TPSA) is 77.1 Å². The van der Waals surface area contributed by atoms with Gasteiger partial charge in [0.2, 0.25) is 0 Å². The van der Waals surface area contributed by atoms with Gasteiger partial charge >= 0.3 is 0 Å². The van der Waals surface area contributed by atoms with E-state index in [-0.39, 0.29) is 0 Å². The minimum Gasteiger partial charge on any atom is -0.755 e. The van der Waals surface area contributed by atoms with Crippen LogP contribution in [0.15, 0.2) is 48.8 Å². The molecule has 1 unspecified atom stereocenters. The molecule has 0 radical (unpaired) electrons. The van der Waals surface area contributed by atoms with Gasteiger partial charge in [0.1, 0.15) is 0 Å². The van der Waals surface area contributed by atoms with Crippen molar-refractivity contribution in [1.29, 1.82) is 0 Å². The number of nitrogens with zero attached hydrogens (tertiary/aromatic N) is 1. The first-order valence-corrected chi connectivity index (χ1v) is 5.95. The Labute approximate surface area is 101 Å². The Morgan fingerprint density at radius 3 is 2.59 bits per heavy atom. The van der Waals surface area contributed by atoms with Gasteiger partial charge in [-0.05, 0) is 18.2 Å². The van der Waals surface area contributed by atoms with Crippen molar-refractivity contribution in [2.45, 2.75) is 0 Å². The highest BCUT2D eigenvalue weighted by molar-refractivity contribution is 7.80. The number of pyridine rings is 1. The third-order valence-corrected chi connectivity index (χ3v) is 2.45. The fraction of sp³-hybridized carbons (Fsp3) is 0. The number of aromatic nitrogens is 1. The maximum atomic E-state index is 10.6. The minimum atomic E-state index is -2.36. The van der Waals surface area contributed by atoms with Crippen molar-refractivity contribution in [2.75, 3.05) is 10.0 Å². The summed E-state index contributed by atoms with van der Waals surface area (Å²) in [4.78, 5) is 3.86. The Kier molecular flexibility index (Phi) is 3.69. The number of anilines is 3. The van der Waals surface area contributed by atoms with E-state index in [0.29, 0.717) is 11.4 Å². The van der Waals surface area contributed by atoms with E-state index < -0.39 is 11.3 Å². The second kappa shape index (κ2) is 5.42. The zero-order chi connectivity index (χ0) is 12.1. The van der Waals surface area contributed by atoms with Crippen LogP contribution in [0, 0.1) is 0 Å². The van der Waals surface area contributed by atoms with Crippen molar-refractivity contribution in [3.63, 3.8) is 0 Å². The Morgan fingerprint density at radius 2 is 1.88 bits per heavy atom. The molecule has 0 fully saturated rings. The van der Waals surface area contributed by atoms with Crippen LogP contribution >= 0.6 is 0 Å². The lowest BCUT2D eigenvalue weighted by Crippen LogP contribution is -2.05. The highest BCUT2D eigenvalue weighted by Gasteiger charge is 2.01. The summed E-state index contributed by atoms with van der Waals surface area (Å²) in [5.74, 6) is 0. The molecule has 0 saturated heterocycles. The lowest BCUT2D eigenvalue weighted by Gasteiger charge is -2.14. The summed E-state index contributed by atoms with van der Waals surface area (Å²) in [7, 11) is 0. The zero-order valence-electron chi connectivity index (χ0n) is 8.79. The van der Waals surface area contributed by atoms with Gasteiger partial charge in [0.25, 0.3) is 0 Å². The average molecular weight is 248 g/mol. The highest BCUT2D eigenvalue weighted by Crippen LogP contribution is 2.24. The van der Waals surface area contributed by atoms with E-state index in [1.54, 1.807) is 12.3 Å². The number of rotatable bonds is 4. The van der Waals surface area contributed by atoms with Crippen LogP contribution in [-0.4, -0.2) is 13.7 Å². The molecule has 88 valence electrons. The van der Waals surface area contributed by atoms with Crippen molar-refractivity contribution >= 4 is 28.3 Å². The van der Waals surface area contributed by atoms with Crippen molar-refractivity contribution in [3.8, 4) is 0 Å². The third-order valence-electron chi connectivity index (χ3n) is 2.07. The largest absolute Gasteiger partial charge is 0.755 e. The van der Waals surface area contributed by atoms with Gasteiger partial charge in [-0.15, -0.1) is 0 Å². The van der Waals surface area contributed by atoms with E-state index in [0.717, 1.165) is 5.69 Å². The first kappa shape index (κ1) is 11.6. The quantitative estimate of drug-likeness (QED) is 0.812. The second-order valence-electron chi connectivity index (χ2n) is 3.25. The Hall–Kier alpha value is -1.92. The molecular weight excluding hydrogens is 238 g/mol. The lowest BCUT2D eigenvalue weighted by atomic mass is 10.3. The summed E-state index contributed by atoms with van der Waals surface area (Å²) in [6.07, 6.45) is 3.03. The van der Waals surface area contributed by atoms with Crippen LogP contribution in [0.4, 0.5) is 17.1 Å². The molecule has 0 bridgehead atoms. The molecule has 1 atom stereocenters. The fourth-order valence-electron chi connectivity index (χ4n) is 1.35. The lowest BCUT2D eigenvalue weighted by molar-refractivity contribution is 0.542. The molecule has 6 heteroatoms. The van der Waals surface area contributed by atoms with Crippen molar-refractivity contribution < 1.29 is 8.76 Å². The first-order valence-electron chi connectivity index (χ1n) is 4.88. The summed E-state index contributed by atoms with van der Waals surface area (Å²) in [5, 5.41) is 3.10. The summed E-state index contributed by atoms with van der Waals surface area (Å²) in [6, 6.07) is 11.2. The second-order valence-corrected chi connectivity index (χ2v) is 3.92. The van der Waals surface area contributed by atoms with E-state index in [2.05, 4.69) is 15.0 Å². The van der Waals surface area contributed by atoms with E-state index in [4.69, 9.17) is 0 Å². The van der Waals surface area contributed by atoms with Crippen LogP contribution in [-0.2, 0) is 11.3 Å². The Bertz CT molecular complexity index is 519.